The van der Waals surface area contributed by atoms with Gasteiger partial charge in [-0.3, -0.25) is 9.59 Å². The zero-order valence-corrected chi connectivity index (χ0v) is 43.7. The highest BCUT2D eigenvalue weighted by Gasteiger charge is 2.24. The maximum Gasteiger partial charge on any atom is 0.306 e. The van der Waals surface area contributed by atoms with E-state index >= 15 is 0 Å². The second-order valence-corrected chi connectivity index (χ2v) is 20.4. The summed E-state index contributed by atoms with van der Waals surface area (Å²) in [6, 6.07) is -0.693. The number of hydrogen-bond donors (Lipinski definition) is 3. The van der Waals surface area contributed by atoms with E-state index in [2.05, 4.69) is 26.1 Å². The summed E-state index contributed by atoms with van der Waals surface area (Å²) in [5.41, 5.74) is 0. The summed E-state index contributed by atoms with van der Waals surface area (Å²) >= 11 is 0. The lowest BCUT2D eigenvalue weighted by atomic mass is 10.0. The van der Waals surface area contributed by atoms with E-state index in [-0.39, 0.29) is 24.9 Å². The highest BCUT2D eigenvalue weighted by atomic mass is 16.5. The number of aliphatic hydroxyl groups excluding tert-OH is 2. The summed E-state index contributed by atoms with van der Waals surface area (Å²) in [6.45, 7) is 6.53. The van der Waals surface area contributed by atoms with Crippen LogP contribution in [0.3, 0.4) is 0 Å². The molecule has 382 valence electrons. The van der Waals surface area contributed by atoms with Gasteiger partial charge in [0.25, 0.3) is 0 Å². The molecule has 0 radical (unpaired) electrons. The zero-order valence-electron chi connectivity index (χ0n) is 43.7. The summed E-state index contributed by atoms with van der Waals surface area (Å²) in [5.74, 6) is -0.444. The third kappa shape index (κ3) is 47.4. The highest BCUT2D eigenvalue weighted by Crippen LogP contribution is 2.19. The zero-order chi connectivity index (χ0) is 46.7. The van der Waals surface area contributed by atoms with Crippen LogP contribution in [0.1, 0.15) is 335 Å². The minimum absolute atomic E-state index is 0.0886. The Morgan fingerprint density at radius 1 is 0.391 bits per heavy atom. The first kappa shape index (κ1) is 62.9. The first-order valence-corrected chi connectivity index (χ1v) is 29.3. The van der Waals surface area contributed by atoms with Gasteiger partial charge in [0.1, 0.15) is 6.10 Å². The van der Waals surface area contributed by atoms with Crippen LogP contribution in [0.4, 0.5) is 0 Å². The van der Waals surface area contributed by atoms with E-state index in [0.717, 1.165) is 38.5 Å². The maximum absolute atomic E-state index is 13.3. The van der Waals surface area contributed by atoms with Gasteiger partial charge in [-0.25, -0.2) is 0 Å². The lowest BCUT2D eigenvalue weighted by molar-refractivity contribution is -0.151. The highest BCUT2D eigenvalue weighted by molar-refractivity contribution is 5.77. The minimum atomic E-state index is -0.780. The molecule has 64 heavy (non-hydrogen) atoms. The molecule has 6 nitrogen and oxygen atoms in total. The van der Waals surface area contributed by atoms with Gasteiger partial charge in [0.15, 0.2) is 0 Å². The Hall–Kier alpha value is -1.14. The number of unbranched alkanes of at least 4 members (excludes halogenated alkanes) is 42. The van der Waals surface area contributed by atoms with E-state index in [4.69, 9.17) is 4.74 Å². The summed E-state index contributed by atoms with van der Waals surface area (Å²) in [4.78, 5) is 26.3. The van der Waals surface area contributed by atoms with Gasteiger partial charge < -0.3 is 20.3 Å². The lowest BCUT2D eigenvalue weighted by Crippen LogP contribution is -2.46. The van der Waals surface area contributed by atoms with E-state index in [1.165, 1.54) is 250 Å². The first-order chi connectivity index (χ1) is 31.5. The van der Waals surface area contributed by atoms with Crippen LogP contribution in [0.5, 0.6) is 0 Å². The fourth-order valence-electron chi connectivity index (χ4n) is 9.49. The van der Waals surface area contributed by atoms with Crippen molar-refractivity contribution in [3.8, 4) is 0 Å². The molecular weight excluding hydrogens is 791 g/mol. The third-order valence-corrected chi connectivity index (χ3v) is 13.9. The summed E-state index contributed by atoms with van der Waals surface area (Å²) in [6.07, 6.45) is 58.8. The van der Waals surface area contributed by atoms with Gasteiger partial charge in [-0.2, -0.15) is 0 Å². The van der Waals surface area contributed by atoms with Crippen LogP contribution in [-0.2, 0) is 14.3 Å². The molecule has 0 bridgehead atoms. The van der Waals surface area contributed by atoms with Gasteiger partial charge in [0.2, 0.25) is 5.91 Å². The van der Waals surface area contributed by atoms with Crippen molar-refractivity contribution in [2.45, 2.75) is 354 Å². The van der Waals surface area contributed by atoms with E-state index in [0.29, 0.717) is 19.3 Å². The molecule has 0 aliphatic carbocycles. The Bertz CT molecular complexity index is 928. The number of rotatable bonds is 54. The first-order valence-electron chi connectivity index (χ1n) is 29.3. The van der Waals surface area contributed by atoms with Crippen molar-refractivity contribution in [1.29, 1.82) is 0 Å². The van der Waals surface area contributed by atoms with Crippen molar-refractivity contribution in [3.05, 3.63) is 0 Å². The van der Waals surface area contributed by atoms with Crippen LogP contribution >= 0.6 is 0 Å². The van der Waals surface area contributed by atoms with Gasteiger partial charge in [0, 0.05) is 6.42 Å². The summed E-state index contributed by atoms with van der Waals surface area (Å²) in [7, 11) is 0. The monoisotopic (exact) mass is 906 g/mol. The molecule has 0 aliphatic heterocycles. The molecule has 0 rings (SSSR count). The molecule has 3 unspecified atom stereocenters. The maximum atomic E-state index is 13.3. The van der Waals surface area contributed by atoms with Crippen LogP contribution in [0.25, 0.3) is 0 Å². The van der Waals surface area contributed by atoms with Crippen molar-refractivity contribution in [2.75, 3.05) is 6.61 Å². The fourth-order valence-corrected chi connectivity index (χ4v) is 9.49. The van der Waals surface area contributed by atoms with Crippen LogP contribution < -0.4 is 5.32 Å². The number of ether oxygens (including phenoxy) is 1. The fraction of sp³-hybridized carbons (Fsp3) is 0.966. The van der Waals surface area contributed by atoms with E-state index < -0.39 is 18.2 Å². The van der Waals surface area contributed by atoms with Crippen LogP contribution in [0.15, 0.2) is 0 Å². The average molecular weight is 907 g/mol. The van der Waals surface area contributed by atoms with Crippen LogP contribution in [0, 0.1) is 0 Å². The third-order valence-electron chi connectivity index (χ3n) is 13.9. The van der Waals surface area contributed by atoms with Gasteiger partial charge in [0.05, 0.1) is 25.2 Å². The molecule has 3 N–H and O–H groups in total. The molecule has 0 saturated heterocycles. The van der Waals surface area contributed by atoms with Crippen molar-refractivity contribution < 1.29 is 24.5 Å². The van der Waals surface area contributed by atoms with Crippen LogP contribution in [0.2, 0.25) is 0 Å². The standard InChI is InChI=1S/C58H115NO5/c1-4-7-10-13-16-19-22-25-27-29-31-33-36-39-42-45-48-51-58(63)64-54(49-46-43-40-37-34-32-30-28-26-23-20-17-14-11-8-5-2)52-57(62)59-55(53-60)56(61)50-47-44-41-38-35-24-21-18-15-12-9-6-3/h54-56,60-61H,4-53H2,1-3H3,(H,59,62). The number of carbonyl (C=O) groups excluding carboxylic acids is 2. The predicted octanol–water partition coefficient (Wildman–Crippen LogP) is 17.9. The van der Waals surface area contributed by atoms with Crippen molar-refractivity contribution in [2.24, 2.45) is 0 Å². The number of hydrogen-bond acceptors (Lipinski definition) is 5. The second-order valence-electron chi connectivity index (χ2n) is 20.4. The Labute approximate surface area is 400 Å². The minimum Gasteiger partial charge on any atom is -0.462 e. The molecule has 0 heterocycles. The normalized spacial score (nSPS) is 13.0. The molecule has 3 atom stereocenters. The van der Waals surface area contributed by atoms with E-state index in [9.17, 15) is 19.8 Å². The van der Waals surface area contributed by atoms with E-state index in [1.54, 1.807) is 0 Å². The number of esters is 1. The predicted molar refractivity (Wildman–Crippen MR) is 278 cm³/mol. The Balaban J connectivity index is 4.48. The van der Waals surface area contributed by atoms with Gasteiger partial charge >= 0.3 is 5.97 Å². The van der Waals surface area contributed by atoms with Crippen molar-refractivity contribution in [3.63, 3.8) is 0 Å². The largest absolute Gasteiger partial charge is 0.462 e. The van der Waals surface area contributed by atoms with Crippen molar-refractivity contribution >= 4 is 11.9 Å². The van der Waals surface area contributed by atoms with Crippen molar-refractivity contribution in [1.82, 2.24) is 5.32 Å². The summed E-state index contributed by atoms with van der Waals surface area (Å²) in [5, 5.41) is 23.9. The summed E-state index contributed by atoms with van der Waals surface area (Å²) < 4.78 is 5.97. The Morgan fingerprint density at radius 2 is 0.656 bits per heavy atom. The second kappa shape index (κ2) is 52.8. The molecular formula is C58H115NO5. The van der Waals surface area contributed by atoms with E-state index in [1.807, 2.05) is 0 Å². The molecule has 1 amide bonds. The Morgan fingerprint density at radius 3 is 0.953 bits per heavy atom. The SMILES string of the molecule is CCCCCCCCCCCCCCCCCCCC(=O)OC(CCCCCCCCCCCCCCCCCC)CC(=O)NC(CO)C(O)CCCCCCCCCCCCCC. The molecule has 0 saturated carbocycles. The molecule has 0 spiro atoms. The quantitative estimate of drug-likeness (QED) is 0.0417. The molecule has 0 aromatic heterocycles. The molecule has 0 aromatic rings. The molecule has 0 aliphatic rings. The molecule has 0 fully saturated rings. The average Bonchev–Trinajstić information content (AvgIpc) is 3.29. The number of amides is 1. The molecule has 0 aromatic carbocycles. The number of nitrogens with one attached hydrogen (secondary N) is 1. The molecule has 6 heteroatoms. The van der Waals surface area contributed by atoms with Crippen LogP contribution in [-0.4, -0.2) is 46.9 Å². The lowest BCUT2D eigenvalue weighted by Gasteiger charge is -2.24. The smallest absolute Gasteiger partial charge is 0.306 e. The number of carbonyl (C=O) groups is 2. The van der Waals surface area contributed by atoms with Gasteiger partial charge in [-0.05, 0) is 25.7 Å². The Kier molecular flexibility index (Phi) is 51.9. The van der Waals surface area contributed by atoms with Gasteiger partial charge in [-0.15, -0.1) is 0 Å². The van der Waals surface area contributed by atoms with Gasteiger partial charge in [-0.1, -0.05) is 297 Å². The number of aliphatic hydroxyl groups is 2. The topological polar surface area (TPSA) is 95.9 Å².